The van der Waals surface area contributed by atoms with Crippen LogP contribution in [0.4, 0.5) is 0 Å². The highest BCUT2D eigenvalue weighted by molar-refractivity contribution is 5.79. The lowest BCUT2D eigenvalue weighted by molar-refractivity contribution is -0.365. The highest BCUT2D eigenvalue weighted by Gasteiger charge is 2.71. The van der Waals surface area contributed by atoms with Crippen molar-refractivity contribution in [3.63, 3.8) is 0 Å². The predicted molar refractivity (Wildman–Crippen MR) is 288 cm³/mol. The molecule has 0 spiro atoms. The zero-order valence-corrected chi connectivity index (χ0v) is 49.8. The molecule has 5 saturated heterocycles. The summed E-state index contributed by atoms with van der Waals surface area (Å²) < 4.78 is 59.4. The Morgan fingerprint density at radius 2 is 1.14 bits per heavy atom. The fourth-order valence-electron chi connectivity index (χ4n) is 17.5. The normalized spacial score (nSPS) is 55.3. The van der Waals surface area contributed by atoms with Crippen LogP contribution < -0.4 is 0 Å². The number of ether oxygens (including phenoxy) is 10. The van der Waals surface area contributed by atoms with Gasteiger partial charge in [0, 0.05) is 5.41 Å². The maximum absolute atomic E-state index is 15.2. The molecule has 33 atom stereocenters. The van der Waals surface area contributed by atoms with E-state index in [4.69, 9.17) is 47.4 Å². The molecule has 0 amide bonds. The van der Waals surface area contributed by atoms with Crippen LogP contribution in [0.25, 0.3) is 0 Å². The summed E-state index contributed by atoms with van der Waals surface area (Å²) in [5.41, 5.74) is -1.93. The Morgan fingerprint density at radius 1 is 0.565 bits per heavy atom. The van der Waals surface area contributed by atoms with Crippen LogP contribution in [0, 0.1) is 50.2 Å². The Morgan fingerprint density at radius 3 is 1.76 bits per heavy atom. The SMILES string of the molecule is C[C@@H]1O[C@@H](O[C@H]2[C@H](O)[C@@H](O)[C@H](OC[C@H]3O[C@@H](OC(=O)[C@]45CCC(C)(C)C[C@H]4C4=CC[C@H]6[C@@]7(C)CC[C@H](O[C@@H]8OC[C@@H](O)[C@@H](O)[C@@H]8O[C@H]8O[C@@H](C)[C@H](O)[C@@H](O)[C@H]8O)[C@@](C)(CO)[C@@H]7CC[C@@]6(C)[C@]4(C)CC5)[C@H](O)[C@@H](O)[C@@H]3O)O[C@@H]2CO)[C@H](O)[C@H](O)[C@H]1O. The minimum absolute atomic E-state index is 0.0670. The van der Waals surface area contributed by atoms with E-state index in [0.717, 1.165) is 12.8 Å². The van der Waals surface area contributed by atoms with Crippen LogP contribution in [0.2, 0.25) is 0 Å². The Balaban J connectivity index is 0.833. The monoisotopic (exact) mass is 1220 g/mol. The molecule has 0 radical (unpaired) electrons. The van der Waals surface area contributed by atoms with Crippen molar-refractivity contribution in [2.75, 3.05) is 26.4 Å². The van der Waals surface area contributed by atoms with E-state index in [-0.39, 0.29) is 47.2 Å². The molecule has 26 heteroatoms. The van der Waals surface area contributed by atoms with Gasteiger partial charge in [0.25, 0.3) is 0 Å². The second-order valence-electron chi connectivity index (χ2n) is 28.5. The molecule has 0 aromatic heterocycles. The van der Waals surface area contributed by atoms with Crippen LogP contribution in [-0.4, -0.2) is 263 Å². The average molecular weight is 1220 g/mol. The minimum atomic E-state index is -1.90. The van der Waals surface area contributed by atoms with Crippen LogP contribution in [-0.2, 0) is 52.2 Å². The molecule has 5 aliphatic heterocycles. The lowest BCUT2D eigenvalue weighted by atomic mass is 9.33. The van der Waals surface area contributed by atoms with Gasteiger partial charge in [-0.3, -0.25) is 4.79 Å². The number of aliphatic hydroxyl groups excluding tert-OH is 15. The number of aliphatic hydroxyl groups is 15. The molecule has 26 nitrogen and oxygen atoms in total. The fraction of sp³-hybridized carbons (Fsp3) is 0.949. The molecule has 10 rings (SSSR count). The highest BCUT2D eigenvalue weighted by atomic mass is 16.8. The molecule has 10 aliphatic rings. The van der Waals surface area contributed by atoms with Crippen LogP contribution in [0.1, 0.15) is 120 Å². The lowest BCUT2D eigenvalue weighted by Crippen LogP contribution is -2.67. The summed E-state index contributed by atoms with van der Waals surface area (Å²) in [6.07, 6.45) is -29.6. The minimum Gasteiger partial charge on any atom is -0.432 e. The van der Waals surface area contributed by atoms with E-state index in [0.29, 0.717) is 51.4 Å². The summed E-state index contributed by atoms with van der Waals surface area (Å²) in [5, 5.41) is 163. The summed E-state index contributed by atoms with van der Waals surface area (Å²) in [7, 11) is 0. The Kier molecular flexibility index (Phi) is 19.0. The summed E-state index contributed by atoms with van der Waals surface area (Å²) in [5.74, 6) is -0.861. The topological polar surface area (TPSA) is 413 Å². The van der Waals surface area contributed by atoms with Crippen molar-refractivity contribution in [2.45, 2.75) is 273 Å². The van der Waals surface area contributed by atoms with Gasteiger partial charge < -0.3 is 124 Å². The zero-order chi connectivity index (χ0) is 62.0. The van der Waals surface area contributed by atoms with Crippen molar-refractivity contribution in [1.29, 1.82) is 0 Å². The largest absolute Gasteiger partial charge is 0.432 e. The molecule has 5 heterocycles. The fourth-order valence-corrected chi connectivity index (χ4v) is 17.5. The van der Waals surface area contributed by atoms with E-state index >= 15 is 4.79 Å². The first kappa shape index (κ1) is 66.2. The standard InChI is InChI=1S/C59H96O26/c1-24-34(63)38(67)42(71)49(78-24)83-46-29(20-60)80-48(45(74)41(46)70)77-22-30-37(66)40(69)44(73)51(81-30)85-53(75)59-17-15-54(3,4)19-27(59)26-9-10-32-55(5)13-12-33(56(6,23-61)31(55)11-14-58(32,8)57(26,7)16-18-59)82-52-47(36(65)28(62)21-76-52)84-50-43(72)39(68)35(64)25(2)79-50/h9,24-25,27-52,60-74H,10-23H2,1-8H3/t24-,25-,27-,28+,29+,30+,31+,32-,33-,34-,35-,36+,37+,38+,39+,40-,41+,42+,43+,44+,45+,46+,47-,48+,49-,50+,51-,52-,55-,56-,57+,58+,59-/m0/s1. The lowest BCUT2D eigenvalue weighted by Gasteiger charge is -2.71. The van der Waals surface area contributed by atoms with Gasteiger partial charge in [-0.25, -0.2) is 0 Å². The van der Waals surface area contributed by atoms with E-state index in [9.17, 15) is 76.6 Å². The van der Waals surface area contributed by atoms with E-state index in [1.165, 1.54) is 19.4 Å². The summed E-state index contributed by atoms with van der Waals surface area (Å²) in [6, 6.07) is 0. The predicted octanol–water partition coefficient (Wildman–Crippen LogP) is -2.54. The molecule has 0 unspecified atom stereocenters. The number of esters is 1. The molecule has 4 saturated carbocycles. The summed E-state index contributed by atoms with van der Waals surface area (Å²) in [6.45, 7) is 14.3. The van der Waals surface area contributed by atoms with Crippen molar-refractivity contribution in [2.24, 2.45) is 50.2 Å². The van der Waals surface area contributed by atoms with E-state index in [1.807, 2.05) is 6.92 Å². The molecular weight excluding hydrogens is 1120 g/mol. The number of allylic oxidation sites excluding steroid dienone is 2. The van der Waals surface area contributed by atoms with Gasteiger partial charge >= 0.3 is 5.97 Å². The third-order valence-electron chi connectivity index (χ3n) is 23.2. The second kappa shape index (κ2) is 24.4. The van der Waals surface area contributed by atoms with Gasteiger partial charge in [-0.05, 0) is 117 Å². The maximum atomic E-state index is 15.2. The molecule has 5 aliphatic carbocycles. The first-order valence-corrected chi connectivity index (χ1v) is 30.6. The Bertz CT molecular complexity index is 2370. The van der Waals surface area contributed by atoms with Gasteiger partial charge in [0.2, 0.25) is 6.29 Å². The van der Waals surface area contributed by atoms with Crippen molar-refractivity contribution in [3.8, 4) is 0 Å². The number of carbonyl (C=O) groups excluding carboxylic acids is 1. The van der Waals surface area contributed by atoms with Crippen molar-refractivity contribution >= 4 is 5.97 Å². The van der Waals surface area contributed by atoms with Crippen LogP contribution in [0.5, 0.6) is 0 Å². The third kappa shape index (κ3) is 11.1. The van der Waals surface area contributed by atoms with Gasteiger partial charge in [-0.1, -0.05) is 53.2 Å². The quantitative estimate of drug-likeness (QED) is 0.0513. The molecule has 9 fully saturated rings. The van der Waals surface area contributed by atoms with Crippen molar-refractivity contribution in [3.05, 3.63) is 11.6 Å². The highest BCUT2D eigenvalue weighted by Crippen LogP contribution is 2.76. The molecular formula is C59H96O26. The number of rotatable bonds is 13. The number of carbonyl (C=O) groups is 1. The Hall–Kier alpha value is -1.75. The second-order valence-corrected chi connectivity index (χ2v) is 28.5. The third-order valence-corrected chi connectivity index (χ3v) is 23.2. The summed E-state index contributed by atoms with van der Waals surface area (Å²) >= 11 is 0. The van der Waals surface area contributed by atoms with E-state index in [1.54, 1.807) is 0 Å². The zero-order valence-electron chi connectivity index (χ0n) is 49.8. The van der Waals surface area contributed by atoms with Crippen molar-refractivity contribution < 1.29 is 129 Å². The smallest absolute Gasteiger partial charge is 0.315 e. The van der Waals surface area contributed by atoms with Gasteiger partial charge in [0.1, 0.15) is 104 Å². The van der Waals surface area contributed by atoms with Crippen LogP contribution in [0.15, 0.2) is 11.6 Å². The molecule has 0 aromatic rings. The molecule has 85 heavy (non-hydrogen) atoms. The first-order chi connectivity index (χ1) is 39.8. The van der Waals surface area contributed by atoms with Crippen molar-refractivity contribution in [1.82, 2.24) is 0 Å². The molecule has 0 bridgehead atoms. The number of hydrogen-bond donors (Lipinski definition) is 15. The summed E-state index contributed by atoms with van der Waals surface area (Å²) in [4.78, 5) is 15.2. The van der Waals surface area contributed by atoms with Crippen LogP contribution in [0.3, 0.4) is 0 Å². The van der Waals surface area contributed by atoms with E-state index in [2.05, 4.69) is 40.7 Å². The van der Waals surface area contributed by atoms with E-state index < -0.39 is 189 Å². The van der Waals surface area contributed by atoms with Crippen LogP contribution >= 0.6 is 0 Å². The number of fused-ring (bicyclic) bond motifs is 7. The number of hydrogen-bond acceptors (Lipinski definition) is 26. The molecule has 0 aromatic carbocycles. The van der Waals surface area contributed by atoms with Gasteiger partial charge in [-0.15, -0.1) is 0 Å². The first-order valence-electron chi connectivity index (χ1n) is 30.6. The molecule has 15 N–H and O–H groups in total. The van der Waals surface area contributed by atoms with Gasteiger partial charge in [-0.2, -0.15) is 0 Å². The Labute approximate surface area is 494 Å². The average Bonchev–Trinajstić information content (AvgIpc) is 0.688. The molecule has 488 valence electrons. The van der Waals surface area contributed by atoms with Gasteiger partial charge in [0.05, 0.1) is 50.2 Å². The van der Waals surface area contributed by atoms with Gasteiger partial charge in [0.15, 0.2) is 25.2 Å². The maximum Gasteiger partial charge on any atom is 0.315 e.